The Kier molecular flexibility index (Phi) is 4.02. The molecule has 0 unspecified atom stereocenters. The van der Waals surface area contributed by atoms with Crippen molar-refractivity contribution in [2.24, 2.45) is 0 Å². The van der Waals surface area contributed by atoms with Crippen LogP contribution in [0.1, 0.15) is 12.8 Å². The average molecular weight is 361 g/mol. The number of aliphatic hydroxyl groups is 1. The molecular weight excluding hydrogens is 344 g/mol. The number of benzene rings is 1. The number of halogens is 1. The molecule has 5 N–H and O–H groups in total. The SMILES string of the molecule is Nc1ccc(Nc2nc(N3CCC[C@@H]3CO)nc3n[nH]nc23)cc1Cl. The highest BCUT2D eigenvalue weighted by Crippen LogP contribution is 2.29. The molecular formula is C15H17ClN8O. The second kappa shape index (κ2) is 6.34. The van der Waals surface area contributed by atoms with E-state index in [1.54, 1.807) is 18.2 Å². The van der Waals surface area contributed by atoms with Crippen LogP contribution in [0.25, 0.3) is 11.2 Å². The van der Waals surface area contributed by atoms with E-state index in [0.29, 0.717) is 33.6 Å². The highest BCUT2D eigenvalue weighted by molar-refractivity contribution is 6.33. The van der Waals surface area contributed by atoms with Gasteiger partial charge in [-0.3, -0.25) is 0 Å². The third-order valence-electron chi connectivity index (χ3n) is 4.28. The molecule has 0 radical (unpaired) electrons. The Labute approximate surface area is 148 Å². The number of aromatic nitrogens is 5. The number of aromatic amines is 1. The molecule has 1 atom stereocenters. The van der Waals surface area contributed by atoms with Crippen molar-refractivity contribution in [3.05, 3.63) is 23.2 Å². The summed E-state index contributed by atoms with van der Waals surface area (Å²) in [4.78, 5) is 11.1. The number of nitrogens with two attached hydrogens (primary N) is 1. The zero-order valence-corrected chi connectivity index (χ0v) is 14.0. The maximum atomic E-state index is 9.56. The number of fused-ring (bicyclic) bond motifs is 1. The van der Waals surface area contributed by atoms with E-state index in [0.717, 1.165) is 25.1 Å². The van der Waals surface area contributed by atoms with Crippen molar-refractivity contribution < 1.29 is 5.11 Å². The lowest BCUT2D eigenvalue weighted by Crippen LogP contribution is -2.33. The van der Waals surface area contributed by atoms with E-state index in [1.165, 1.54) is 0 Å². The van der Waals surface area contributed by atoms with Gasteiger partial charge in [0, 0.05) is 12.2 Å². The first-order chi connectivity index (χ1) is 12.2. The van der Waals surface area contributed by atoms with Gasteiger partial charge >= 0.3 is 0 Å². The summed E-state index contributed by atoms with van der Waals surface area (Å²) in [5, 5.41) is 24.0. The van der Waals surface area contributed by atoms with E-state index in [2.05, 4.69) is 30.7 Å². The Morgan fingerprint density at radius 1 is 1.36 bits per heavy atom. The molecule has 0 saturated carbocycles. The van der Waals surface area contributed by atoms with Crippen LogP contribution in [0.15, 0.2) is 18.2 Å². The molecule has 0 aliphatic carbocycles. The van der Waals surface area contributed by atoms with Crippen LogP contribution in [0.4, 0.5) is 23.1 Å². The van der Waals surface area contributed by atoms with E-state index < -0.39 is 0 Å². The molecule has 10 heteroatoms. The number of aliphatic hydroxyl groups excluding tert-OH is 1. The van der Waals surface area contributed by atoms with Gasteiger partial charge in [0.2, 0.25) is 11.6 Å². The monoisotopic (exact) mass is 360 g/mol. The summed E-state index contributed by atoms with van der Waals surface area (Å²) in [5.41, 5.74) is 7.97. The average Bonchev–Trinajstić information content (AvgIpc) is 3.26. The fourth-order valence-corrected chi connectivity index (χ4v) is 3.16. The van der Waals surface area contributed by atoms with Gasteiger partial charge < -0.3 is 21.1 Å². The minimum Gasteiger partial charge on any atom is -0.398 e. The molecule has 1 saturated heterocycles. The summed E-state index contributed by atoms with van der Waals surface area (Å²) in [5.74, 6) is 1.03. The van der Waals surface area contributed by atoms with Gasteiger partial charge in [-0.2, -0.15) is 20.3 Å². The molecule has 1 aliphatic rings. The molecule has 3 heterocycles. The van der Waals surface area contributed by atoms with Crippen molar-refractivity contribution in [3.63, 3.8) is 0 Å². The molecule has 2 aromatic heterocycles. The quantitative estimate of drug-likeness (QED) is 0.517. The summed E-state index contributed by atoms with van der Waals surface area (Å²) >= 11 is 6.08. The molecule has 1 aromatic carbocycles. The molecule has 4 rings (SSSR count). The lowest BCUT2D eigenvalue weighted by atomic mass is 10.2. The standard InChI is InChI=1S/C15H17ClN8O/c16-10-6-8(3-4-11(10)17)18-13-12-14(22-23-21-12)20-15(19-13)24-5-1-2-9(24)7-25/h3-4,6,9,25H,1-2,5,7,17H2,(H2,18,19,20,21,22,23)/t9-/m1/s1. The molecule has 1 aliphatic heterocycles. The molecule has 9 nitrogen and oxygen atoms in total. The van der Waals surface area contributed by atoms with E-state index in [1.807, 2.05) is 4.90 Å². The largest absolute Gasteiger partial charge is 0.398 e. The third-order valence-corrected chi connectivity index (χ3v) is 4.61. The molecule has 130 valence electrons. The van der Waals surface area contributed by atoms with Gasteiger partial charge in [-0.05, 0) is 31.0 Å². The normalized spacial score (nSPS) is 17.4. The second-order valence-electron chi connectivity index (χ2n) is 5.90. The van der Waals surface area contributed by atoms with Gasteiger partial charge in [-0.15, -0.1) is 5.10 Å². The number of rotatable bonds is 4. The Morgan fingerprint density at radius 3 is 3.04 bits per heavy atom. The molecule has 25 heavy (non-hydrogen) atoms. The maximum Gasteiger partial charge on any atom is 0.229 e. The Hall–Kier alpha value is -2.65. The van der Waals surface area contributed by atoms with Gasteiger partial charge in [-0.1, -0.05) is 11.6 Å². The molecule has 0 bridgehead atoms. The van der Waals surface area contributed by atoms with Crippen LogP contribution in [-0.4, -0.2) is 49.7 Å². The highest BCUT2D eigenvalue weighted by Gasteiger charge is 2.27. The molecule has 0 spiro atoms. The van der Waals surface area contributed by atoms with Crippen LogP contribution in [0.5, 0.6) is 0 Å². The summed E-state index contributed by atoms with van der Waals surface area (Å²) < 4.78 is 0. The first-order valence-corrected chi connectivity index (χ1v) is 8.31. The van der Waals surface area contributed by atoms with Gasteiger partial charge in [0.1, 0.15) is 0 Å². The number of nitrogens with zero attached hydrogens (tertiary/aromatic N) is 5. The summed E-state index contributed by atoms with van der Waals surface area (Å²) in [7, 11) is 0. The van der Waals surface area contributed by atoms with Crippen molar-refractivity contribution >= 4 is 45.9 Å². The number of hydrogen-bond donors (Lipinski definition) is 4. The van der Waals surface area contributed by atoms with E-state index >= 15 is 0 Å². The number of H-pyrrole nitrogens is 1. The highest BCUT2D eigenvalue weighted by atomic mass is 35.5. The van der Waals surface area contributed by atoms with Gasteiger partial charge in [0.15, 0.2) is 11.3 Å². The summed E-state index contributed by atoms with van der Waals surface area (Å²) in [6.45, 7) is 0.859. The predicted molar refractivity (Wildman–Crippen MR) is 96.1 cm³/mol. The zero-order valence-electron chi connectivity index (χ0n) is 13.3. The van der Waals surface area contributed by atoms with Crippen LogP contribution in [0.3, 0.4) is 0 Å². The second-order valence-corrected chi connectivity index (χ2v) is 6.31. The first-order valence-electron chi connectivity index (χ1n) is 7.94. The van der Waals surface area contributed by atoms with Crippen LogP contribution in [-0.2, 0) is 0 Å². The Morgan fingerprint density at radius 2 is 2.24 bits per heavy atom. The van der Waals surface area contributed by atoms with Crippen LogP contribution >= 0.6 is 11.6 Å². The van der Waals surface area contributed by atoms with Crippen LogP contribution < -0.4 is 16.0 Å². The fourth-order valence-electron chi connectivity index (χ4n) is 2.98. The molecule has 3 aromatic rings. The minimum atomic E-state index is 0.0168. The van der Waals surface area contributed by atoms with Gasteiger partial charge in [-0.25, -0.2) is 0 Å². The predicted octanol–water partition coefficient (Wildman–Crippen LogP) is 1.69. The van der Waals surface area contributed by atoms with Gasteiger partial charge in [0.05, 0.1) is 23.4 Å². The lowest BCUT2D eigenvalue weighted by molar-refractivity contribution is 0.265. The van der Waals surface area contributed by atoms with Crippen molar-refractivity contribution in [1.29, 1.82) is 0 Å². The van der Waals surface area contributed by atoms with Crippen molar-refractivity contribution in [2.75, 3.05) is 29.1 Å². The smallest absolute Gasteiger partial charge is 0.229 e. The zero-order chi connectivity index (χ0) is 17.4. The number of hydrogen-bond acceptors (Lipinski definition) is 8. The van der Waals surface area contributed by atoms with Crippen molar-refractivity contribution in [1.82, 2.24) is 25.4 Å². The Balaban J connectivity index is 1.74. The van der Waals surface area contributed by atoms with Crippen molar-refractivity contribution in [2.45, 2.75) is 18.9 Å². The fraction of sp³-hybridized carbons (Fsp3) is 0.333. The van der Waals surface area contributed by atoms with E-state index in [4.69, 9.17) is 17.3 Å². The third kappa shape index (κ3) is 2.92. The van der Waals surface area contributed by atoms with Crippen LogP contribution in [0.2, 0.25) is 5.02 Å². The maximum absolute atomic E-state index is 9.56. The van der Waals surface area contributed by atoms with Crippen LogP contribution in [0, 0.1) is 0 Å². The lowest BCUT2D eigenvalue weighted by Gasteiger charge is -2.23. The number of anilines is 4. The Bertz CT molecular complexity index is 914. The molecule has 1 fully saturated rings. The van der Waals surface area contributed by atoms with Gasteiger partial charge in [0.25, 0.3) is 0 Å². The number of nitrogens with one attached hydrogen (secondary N) is 2. The first kappa shape index (κ1) is 15.9. The van der Waals surface area contributed by atoms with E-state index in [9.17, 15) is 5.11 Å². The minimum absolute atomic E-state index is 0.0168. The number of nitrogen functional groups attached to an aromatic ring is 1. The van der Waals surface area contributed by atoms with Crippen molar-refractivity contribution in [3.8, 4) is 0 Å². The summed E-state index contributed by atoms with van der Waals surface area (Å²) in [6.07, 6.45) is 1.90. The molecule has 0 amide bonds. The van der Waals surface area contributed by atoms with E-state index in [-0.39, 0.29) is 12.6 Å². The topological polar surface area (TPSA) is 129 Å². The summed E-state index contributed by atoms with van der Waals surface area (Å²) in [6, 6.07) is 5.26.